The first-order valence-corrected chi connectivity index (χ1v) is 9.71. The minimum atomic E-state index is -0.199. The zero-order valence-corrected chi connectivity index (χ0v) is 17.5. The molecule has 0 saturated carbocycles. The number of amides is 1. The topological polar surface area (TPSA) is 112 Å². The molecule has 3 aromatic rings. The molecule has 1 N–H and O–H groups in total. The Kier molecular flexibility index (Phi) is 5.87. The lowest BCUT2D eigenvalue weighted by Crippen LogP contribution is -2.31. The van der Waals surface area contributed by atoms with E-state index in [2.05, 4.69) is 20.2 Å². The summed E-state index contributed by atoms with van der Waals surface area (Å²) in [4.78, 5) is 22.9. The van der Waals surface area contributed by atoms with E-state index >= 15 is 0 Å². The Hall–Kier alpha value is -3.82. The van der Waals surface area contributed by atoms with Gasteiger partial charge in [-0.05, 0) is 24.3 Å². The summed E-state index contributed by atoms with van der Waals surface area (Å²) in [5, 5.41) is 7.13. The molecule has 10 heteroatoms. The van der Waals surface area contributed by atoms with Gasteiger partial charge in [-0.1, -0.05) is 0 Å². The maximum Gasteiger partial charge on any atom is 0.278 e. The van der Waals surface area contributed by atoms with Crippen LogP contribution in [-0.4, -0.2) is 71.5 Å². The molecule has 1 atom stereocenters. The number of aromatic amines is 1. The zero-order valence-electron chi connectivity index (χ0n) is 17.5. The fraction of sp³-hybridized carbons (Fsp3) is 0.333. The number of aromatic nitrogens is 4. The summed E-state index contributed by atoms with van der Waals surface area (Å²) in [5.74, 6) is 1.79. The van der Waals surface area contributed by atoms with Gasteiger partial charge in [-0.3, -0.25) is 9.89 Å². The SMILES string of the molecule is COc1ccc(OC)c(-c2cc(C(=O)N3CCC(Oc4nccnc4OC)C3)[nH]n2)c1. The van der Waals surface area contributed by atoms with E-state index in [0.717, 1.165) is 5.56 Å². The number of ether oxygens (including phenoxy) is 4. The first-order chi connectivity index (χ1) is 15.1. The van der Waals surface area contributed by atoms with Crippen molar-refractivity contribution in [2.24, 2.45) is 0 Å². The van der Waals surface area contributed by atoms with Gasteiger partial charge >= 0.3 is 0 Å². The van der Waals surface area contributed by atoms with E-state index in [4.69, 9.17) is 18.9 Å². The van der Waals surface area contributed by atoms with Crippen LogP contribution in [0.4, 0.5) is 0 Å². The molecule has 10 nitrogen and oxygen atoms in total. The molecule has 1 aliphatic heterocycles. The first kappa shape index (κ1) is 20.5. The maximum atomic E-state index is 13.0. The highest BCUT2D eigenvalue weighted by Crippen LogP contribution is 2.33. The molecule has 0 radical (unpaired) electrons. The fourth-order valence-corrected chi connectivity index (χ4v) is 3.45. The van der Waals surface area contributed by atoms with Gasteiger partial charge in [0, 0.05) is 30.9 Å². The average Bonchev–Trinajstić information content (AvgIpc) is 3.48. The second-order valence-electron chi connectivity index (χ2n) is 6.88. The summed E-state index contributed by atoms with van der Waals surface area (Å²) in [6.07, 6.45) is 3.55. The zero-order chi connectivity index (χ0) is 21.8. The summed E-state index contributed by atoms with van der Waals surface area (Å²) in [6, 6.07) is 7.13. The number of rotatable bonds is 7. The highest BCUT2D eigenvalue weighted by Gasteiger charge is 2.30. The van der Waals surface area contributed by atoms with Gasteiger partial charge in [0.15, 0.2) is 0 Å². The molecular weight excluding hydrogens is 402 g/mol. The van der Waals surface area contributed by atoms with Gasteiger partial charge in [0.25, 0.3) is 17.7 Å². The standard InChI is InChI=1S/C21H23N5O5/c1-28-13-4-5-18(29-2)15(10-13)16-11-17(25-24-16)21(27)26-9-6-14(12-26)31-20-19(30-3)22-7-8-23-20/h4-5,7-8,10-11,14H,6,9,12H2,1-3H3,(H,24,25). The average molecular weight is 425 g/mol. The van der Waals surface area contributed by atoms with Gasteiger partial charge in [0.05, 0.1) is 33.6 Å². The highest BCUT2D eigenvalue weighted by atomic mass is 16.5. The molecular formula is C21H23N5O5. The maximum absolute atomic E-state index is 13.0. The molecule has 0 bridgehead atoms. The van der Waals surface area contributed by atoms with Crippen molar-refractivity contribution in [3.05, 3.63) is 42.4 Å². The highest BCUT2D eigenvalue weighted by molar-refractivity contribution is 5.93. The Balaban J connectivity index is 1.46. The van der Waals surface area contributed by atoms with E-state index < -0.39 is 0 Å². The van der Waals surface area contributed by atoms with Gasteiger partial charge in [-0.25, -0.2) is 9.97 Å². The number of nitrogens with one attached hydrogen (secondary N) is 1. The number of likely N-dealkylation sites (tertiary alicyclic amines) is 1. The van der Waals surface area contributed by atoms with Crippen LogP contribution in [0.5, 0.6) is 23.3 Å². The van der Waals surface area contributed by atoms with Gasteiger partial charge in [-0.2, -0.15) is 5.10 Å². The van der Waals surface area contributed by atoms with Crippen LogP contribution < -0.4 is 18.9 Å². The molecule has 1 saturated heterocycles. The predicted octanol–water partition coefficient (Wildman–Crippen LogP) is 2.19. The van der Waals surface area contributed by atoms with Crippen molar-refractivity contribution in [1.82, 2.24) is 25.1 Å². The smallest absolute Gasteiger partial charge is 0.278 e. The number of H-pyrrole nitrogens is 1. The van der Waals surface area contributed by atoms with Crippen molar-refractivity contribution in [3.63, 3.8) is 0 Å². The van der Waals surface area contributed by atoms with Crippen LogP contribution in [0.15, 0.2) is 36.7 Å². The lowest BCUT2D eigenvalue weighted by molar-refractivity contribution is 0.0764. The number of carbonyl (C=O) groups is 1. The molecule has 1 amide bonds. The molecule has 1 unspecified atom stereocenters. The Bertz CT molecular complexity index is 1070. The Morgan fingerprint density at radius 1 is 1.06 bits per heavy atom. The van der Waals surface area contributed by atoms with E-state index in [9.17, 15) is 4.79 Å². The van der Waals surface area contributed by atoms with Gasteiger partial charge in [0.1, 0.15) is 23.3 Å². The van der Waals surface area contributed by atoms with E-state index in [-0.39, 0.29) is 12.0 Å². The van der Waals surface area contributed by atoms with Crippen molar-refractivity contribution in [1.29, 1.82) is 0 Å². The van der Waals surface area contributed by atoms with Crippen LogP contribution >= 0.6 is 0 Å². The van der Waals surface area contributed by atoms with E-state index in [1.165, 1.54) is 19.5 Å². The normalized spacial score (nSPS) is 15.6. The van der Waals surface area contributed by atoms with Crippen LogP contribution in [-0.2, 0) is 0 Å². The van der Waals surface area contributed by atoms with Crippen molar-refractivity contribution >= 4 is 5.91 Å². The number of hydrogen-bond acceptors (Lipinski definition) is 8. The molecule has 1 aromatic carbocycles. The van der Waals surface area contributed by atoms with Crippen LogP contribution in [0.2, 0.25) is 0 Å². The molecule has 2 aromatic heterocycles. The number of hydrogen-bond donors (Lipinski definition) is 1. The van der Waals surface area contributed by atoms with Gasteiger partial charge < -0.3 is 23.8 Å². The first-order valence-electron chi connectivity index (χ1n) is 9.71. The van der Waals surface area contributed by atoms with Gasteiger partial charge in [0.2, 0.25) is 0 Å². The fourth-order valence-electron chi connectivity index (χ4n) is 3.45. The summed E-state index contributed by atoms with van der Waals surface area (Å²) in [5.41, 5.74) is 1.71. The minimum Gasteiger partial charge on any atom is -0.497 e. The minimum absolute atomic E-state index is 0.155. The summed E-state index contributed by atoms with van der Waals surface area (Å²) in [6.45, 7) is 0.984. The quantitative estimate of drug-likeness (QED) is 0.613. The Morgan fingerprint density at radius 3 is 2.61 bits per heavy atom. The van der Waals surface area contributed by atoms with Crippen LogP contribution in [0, 0.1) is 0 Å². The summed E-state index contributed by atoms with van der Waals surface area (Å²) < 4.78 is 21.8. The number of benzene rings is 1. The Morgan fingerprint density at radius 2 is 1.87 bits per heavy atom. The number of nitrogens with zero attached hydrogens (tertiary/aromatic N) is 4. The predicted molar refractivity (Wildman–Crippen MR) is 111 cm³/mol. The lowest BCUT2D eigenvalue weighted by atomic mass is 10.1. The van der Waals surface area contributed by atoms with Crippen LogP contribution in [0.3, 0.4) is 0 Å². The molecule has 1 fully saturated rings. The molecule has 31 heavy (non-hydrogen) atoms. The second kappa shape index (κ2) is 8.90. The van der Waals surface area contributed by atoms with Crippen molar-refractivity contribution in [2.45, 2.75) is 12.5 Å². The van der Waals surface area contributed by atoms with Crippen molar-refractivity contribution in [3.8, 4) is 34.5 Å². The molecule has 162 valence electrons. The van der Waals surface area contributed by atoms with Crippen molar-refractivity contribution < 1.29 is 23.7 Å². The van der Waals surface area contributed by atoms with Crippen molar-refractivity contribution in [2.75, 3.05) is 34.4 Å². The lowest BCUT2D eigenvalue weighted by Gasteiger charge is -2.16. The Labute approximate surface area is 179 Å². The van der Waals surface area contributed by atoms with E-state index in [1.807, 2.05) is 6.07 Å². The second-order valence-corrected chi connectivity index (χ2v) is 6.88. The van der Waals surface area contributed by atoms with Crippen LogP contribution in [0.25, 0.3) is 11.3 Å². The molecule has 0 spiro atoms. The third-order valence-electron chi connectivity index (χ3n) is 5.03. The summed E-state index contributed by atoms with van der Waals surface area (Å²) >= 11 is 0. The monoisotopic (exact) mass is 425 g/mol. The van der Waals surface area contributed by atoms with E-state index in [1.54, 1.807) is 37.3 Å². The molecule has 0 aliphatic carbocycles. The van der Waals surface area contributed by atoms with Gasteiger partial charge in [-0.15, -0.1) is 0 Å². The third-order valence-corrected chi connectivity index (χ3v) is 5.03. The summed E-state index contributed by atoms with van der Waals surface area (Å²) in [7, 11) is 4.68. The molecule has 4 rings (SSSR count). The number of carbonyl (C=O) groups excluding carboxylic acids is 1. The van der Waals surface area contributed by atoms with E-state index in [0.29, 0.717) is 54.2 Å². The molecule has 3 heterocycles. The largest absolute Gasteiger partial charge is 0.497 e. The van der Waals surface area contributed by atoms with Crippen LogP contribution in [0.1, 0.15) is 16.9 Å². The third kappa shape index (κ3) is 4.23. The number of methoxy groups -OCH3 is 3. The molecule has 1 aliphatic rings.